The van der Waals surface area contributed by atoms with Crippen LogP contribution in [0.4, 0.5) is 0 Å². The molecular weight excluding hydrogens is 160 g/mol. The molecular formula is C8H11ClSi. The van der Waals surface area contributed by atoms with E-state index in [1.807, 2.05) is 6.07 Å². The molecule has 0 nitrogen and oxygen atoms in total. The molecule has 0 spiro atoms. The Hall–Kier alpha value is -0.273. The molecule has 0 N–H and O–H groups in total. The fourth-order valence-electron chi connectivity index (χ4n) is 0.923. The van der Waals surface area contributed by atoms with E-state index < -0.39 is 0 Å². The van der Waals surface area contributed by atoms with Crippen molar-refractivity contribution in [2.45, 2.75) is 13.8 Å². The fourth-order valence-corrected chi connectivity index (χ4v) is 1.67. The molecule has 0 bridgehead atoms. The summed E-state index contributed by atoms with van der Waals surface area (Å²) in [6.45, 7) is 4.20. The zero-order chi connectivity index (χ0) is 7.72. The molecule has 1 aromatic rings. The molecule has 0 aliphatic heterocycles. The zero-order valence-electron chi connectivity index (χ0n) is 6.53. The zero-order valence-corrected chi connectivity index (χ0v) is 9.29. The van der Waals surface area contributed by atoms with Crippen LogP contribution >= 0.6 is 11.6 Å². The average Bonchev–Trinajstić information content (AvgIpc) is 1.93. The maximum atomic E-state index is 5.90. The molecule has 0 saturated carbocycles. The van der Waals surface area contributed by atoms with E-state index in [1.165, 1.54) is 16.3 Å². The first kappa shape index (κ1) is 7.83. The molecule has 0 radical (unpaired) electrons. The molecule has 10 heavy (non-hydrogen) atoms. The largest absolute Gasteiger partial charge is 0.0840 e. The molecule has 54 valence electrons. The lowest BCUT2D eigenvalue weighted by molar-refractivity contribution is 1.37. The lowest BCUT2D eigenvalue weighted by Gasteiger charge is -2.04. The lowest BCUT2D eigenvalue weighted by Crippen LogP contribution is -2.08. The van der Waals surface area contributed by atoms with Crippen molar-refractivity contribution in [2.75, 3.05) is 0 Å². The Bertz CT molecular complexity index is 229. The third-order valence-corrected chi connectivity index (χ3v) is 3.48. The number of rotatable bonds is 0. The second kappa shape index (κ2) is 2.77. The summed E-state index contributed by atoms with van der Waals surface area (Å²) < 4.78 is 0. The minimum atomic E-state index is 0.886. The van der Waals surface area contributed by atoms with Crippen LogP contribution in [0.1, 0.15) is 11.1 Å². The lowest BCUT2D eigenvalue weighted by atomic mass is 10.1. The van der Waals surface area contributed by atoms with Crippen LogP contribution in [0.3, 0.4) is 0 Å². The van der Waals surface area contributed by atoms with Crippen molar-refractivity contribution in [2.24, 2.45) is 0 Å². The van der Waals surface area contributed by atoms with Gasteiger partial charge < -0.3 is 0 Å². The van der Waals surface area contributed by atoms with Crippen molar-refractivity contribution in [3.63, 3.8) is 0 Å². The first-order valence-corrected chi connectivity index (χ1v) is 4.73. The van der Waals surface area contributed by atoms with Crippen molar-refractivity contribution in [1.29, 1.82) is 0 Å². The highest BCUT2D eigenvalue weighted by Crippen LogP contribution is 2.15. The summed E-state index contributed by atoms with van der Waals surface area (Å²) in [6, 6.07) is 4.09. The van der Waals surface area contributed by atoms with Crippen LogP contribution in [-0.4, -0.2) is 10.2 Å². The summed E-state index contributed by atoms with van der Waals surface area (Å²) in [5.41, 5.74) is 2.59. The molecule has 1 aromatic carbocycles. The van der Waals surface area contributed by atoms with E-state index in [-0.39, 0.29) is 0 Å². The smallest absolute Gasteiger partial charge is 0.0437 e. The SMILES string of the molecule is Cc1c([SiH3])ccc(Cl)c1C. The van der Waals surface area contributed by atoms with Crippen molar-refractivity contribution < 1.29 is 0 Å². The molecule has 0 fully saturated rings. The number of hydrogen-bond donors (Lipinski definition) is 0. The van der Waals surface area contributed by atoms with E-state index in [9.17, 15) is 0 Å². The maximum absolute atomic E-state index is 5.90. The number of hydrogen-bond acceptors (Lipinski definition) is 0. The Morgan fingerprint density at radius 1 is 1.20 bits per heavy atom. The predicted molar refractivity (Wildman–Crippen MR) is 50.5 cm³/mol. The maximum Gasteiger partial charge on any atom is 0.0437 e. The highest BCUT2D eigenvalue weighted by molar-refractivity contribution is 6.35. The Labute approximate surface area is 69.6 Å². The quantitative estimate of drug-likeness (QED) is 0.509. The van der Waals surface area contributed by atoms with Crippen molar-refractivity contribution >= 4 is 27.0 Å². The summed E-state index contributed by atoms with van der Waals surface area (Å²) in [5, 5.41) is 2.33. The van der Waals surface area contributed by atoms with Gasteiger partial charge in [-0.1, -0.05) is 22.9 Å². The predicted octanol–water partition coefficient (Wildman–Crippen LogP) is 0.948. The van der Waals surface area contributed by atoms with Crippen molar-refractivity contribution in [1.82, 2.24) is 0 Å². The normalized spacial score (nSPS) is 10.3. The molecule has 2 heteroatoms. The van der Waals surface area contributed by atoms with Gasteiger partial charge in [0.15, 0.2) is 0 Å². The summed E-state index contributed by atoms with van der Waals surface area (Å²) in [5.74, 6) is 0. The Kier molecular flexibility index (Phi) is 2.17. The monoisotopic (exact) mass is 170 g/mol. The van der Waals surface area contributed by atoms with E-state index in [2.05, 4.69) is 19.9 Å². The van der Waals surface area contributed by atoms with Gasteiger partial charge in [0.2, 0.25) is 0 Å². The van der Waals surface area contributed by atoms with Gasteiger partial charge in [0.05, 0.1) is 0 Å². The van der Waals surface area contributed by atoms with E-state index in [0.717, 1.165) is 15.3 Å². The summed E-state index contributed by atoms with van der Waals surface area (Å²) in [4.78, 5) is 0. The molecule has 1 rings (SSSR count). The van der Waals surface area contributed by atoms with Gasteiger partial charge in [-0.05, 0) is 31.0 Å². The summed E-state index contributed by atoms with van der Waals surface area (Å²) in [6.07, 6.45) is 0. The van der Waals surface area contributed by atoms with Gasteiger partial charge in [-0.25, -0.2) is 0 Å². The first-order valence-electron chi connectivity index (χ1n) is 3.35. The highest BCUT2D eigenvalue weighted by atomic mass is 35.5. The standard InChI is InChI=1S/C8H11ClSi/c1-5-6(2)8(10)4-3-7(5)9/h3-4H,1-2,10H3. The molecule has 0 aliphatic rings. The third-order valence-electron chi connectivity index (χ3n) is 1.99. The van der Waals surface area contributed by atoms with Gasteiger partial charge >= 0.3 is 0 Å². The van der Waals surface area contributed by atoms with Crippen LogP contribution in [0.5, 0.6) is 0 Å². The Balaban J connectivity index is 3.34. The van der Waals surface area contributed by atoms with Crippen LogP contribution in [-0.2, 0) is 0 Å². The highest BCUT2D eigenvalue weighted by Gasteiger charge is 1.99. The number of halogens is 1. The molecule has 0 aliphatic carbocycles. The van der Waals surface area contributed by atoms with Crippen LogP contribution < -0.4 is 5.19 Å². The van der Waals surface area contributed by atoms with Crippen LogP contribution in [0.25, 0.3) is 0 Å². The molecule has 0 atom stereocenters. The molecule has 0 amide bonds. The second-order valence-corrected chi connectivity index (χ2v) is 4.10. The van der Waals surface area contributed by atoms with Crippen molar-refractivity contribution in [3.05, 3.63) is 28.3 Å². The Morgan fingerprint density at radius 2 is 1.80 bits per heavy atom. The second-order valence-electron chi connectivity index (χ2n) is 2.61. The topological polar surface area (TPSA) is 0 Å². The van der Waals surface area contributed by atoms with E-state index in [4.69, 9.17) is 11.6 Å². The van der Waals surface area contributed by atoms with Gasteiger partial charge in [-0.15, -0.1) is 0 Å². The minimum Gasteiger partial charge on any atom is -0.0840 e. The molecule has 0 aromatic heterocycles. The molecule has 0 heterocycles. The Morgan fingerprint density at radius 3 is 2.30 bits per heavy atom. The van der Waals surface area contributed by atoms with E-state index in [1.54, 1.807) is 0 Å². The average molecular weight is 171 g/mol. The third kappa shape index (κ3) is 1.25. The molecule has 0 saturated heterocycles. The minimum absolute atomic E-state index is 0.886. The first-order chi connectivity index (χ1) is 4.63. The van der Waals surface area contributed by atoms with E-state index >= 15 is 0 Å². The number of benzene rings is 1. The van der Waals surface area contributed by atoms with Crippen LogP contribution in [0.15, 0.2) is 12.1 Å². The molecule has 0 unspecified atom stereocenters. The van der Waals surface area contributed by atoms with Gasteiger partial charge in [0, 0.05) is 15.3 Å². The van der Waals surface area contributed by atoms with Crippen LogP contribution in [0.2, 0.25) is 5.02 Å². The fraction of sp³-hybridized carbons (Fsp3) is 0.250. The van der Waals surface area contributed by atoms with Gasteiger partial charge in [0.1, 0.15) is 0 Å². The summed E-state index contributed by atoms with van der Waals surface area (Å²) in [7, 11) is 1.11. The summed E-state index contributed by atoms with van der Waals surface area (Å²) >= 11 is 5.90. The van der Waals surface area contributed by atoms with Gasteiger partial charge in [0.25, 0.3) is 0 Å². The van der Waals surface area contributed by atoms with Gasteiger partial charge in [-0.3, -0.25) is 0 Å². The van der Waals surface area contributed by atoms with Gasteiger partial charge in [-0.2, -0.15) is 0 Å². The van der Waals surface area contributed by atoms with Crippen LogP contribution in [0, 0.1) is 13.8 Å². The van der Waals surface area contributed by atoms with E-state index in [0.29, 0.717) is 0 Å². The van der Waals surface area contributed by atoms with Crippen molar-refractivity contribution in [3.8, 4) is 0 Å².